The Hall–Kier alpha value is -0.770. The first-order chi connectivity index (χ1) is 8.34. The van der Waals surface area contributed by atoms with Gasteiger partial charge in [0.15, 0.2) is 0 Å². The smallest absolute Gasteiger partial charge is 0.407 e. The Morgan fingerprint density at radius 2 is 1.94 bits per heavy atom. The highest BCUT2D eigenvalue weighted by atomic mass is 16.5. The molecule has 4 heteroatoms. The van der Waals surface area contributed by atoms with Gasteiger partial charge in [-0.3, -0.25) is 0 Å². The summed E-state index contributed by atoms with van der Waals surface area (Å²) in [4.78, 5) is 11.5. The lowest BCUT2D eigenvalue weighted by Gasteiger charge is -2.23. The van der Waals surface area contributed by atoms with E-state index in [1.807, 2.05) is 0 Å². The molecule has 1 heterocycles. The standard InChI is InChI=1S/C13H24N2O2/c16-13(15-12-6-1-2-7-12)17-10-8-11-5-3-4-9-14-11/h11-12,14H,1-10H2,(H,15,16). The Labute approximate surface area is 103 Å². The van der Waals surface area contributed by atoms with Crippen LogP contribution in [0.15, 0.2) is 0 Å². The molecule has 1 atom stereocenters. The molecule has 1 aliphatic carbocycles. The number of hydrogen-bond acceptors (Lipinski definition) is 3. The lowest BCUT2D eigenvalue weighted by molar-refractivity contribution is 0.135. The number of carbonyl (C=O) groups excluding carboxylic acids is 1. The third-order valence-corrected chi connectivity index (χ3v) is 3.79. The minimum absolute atomic E-state index is 0.229. The van der Waals surface area contributed by atoms with Crippen molar-refractivity contribution in [3.63, 3.8) is 0 Å². The van der Waals surface area contributed by atoms with Crippen LogP contribution < -0.4 is 10.6 Å². The quantitative estimate of drug-likeness (QED) is 0.792. The van der Waals surface area contributed by atoms with Gasteiger partial charge in [0, 0.05) is 12.1 Å². The van der Waals surface area contributed by atoms with Crippen molar-refractivity contribution in [1.29, 1.82) is 0 Å². The first-order valence-electron chi connectivity index (χ1n) is 7.01. The summed E-state index contributed by atoms with van der Waals surface area (Å²) in [7, 11) is 0. The molecule has 0 spiro atoms. The second-order valence-electron chi connectivity index (χ2n) is 5.20. The fourth-order valence-electron chi connectivity index (χ4n) is 2.74. The van der Waals surface area contributed by atoms with E-state index in [1.54, 1.807) is 0 Å². The van der Waals surface area contributed by atoms with Gasteiger partial charge >= 0.3 is 6.09 Å². The Morgan fingerprint density at radius 1 is 1.18 bits per heavy atom. The molecule has 0 bridgehead atoms. The zero-order valence-corrected chi connectivity index (χ0v) is 10.5. The van der Waals surface area contributed by atoms with E-state index in [4.69, 9.17) is 4.74 Å². The first kappa shape index (κ1) is 12.7. The van der Waals surface area contributed by atoms with Gasteiger partial charge in [-0.05, 0) is 38.6 Å². The fraction of sp³-hybridized carbons (Fsp3) is 0.923. The van der Waals surface area contributed by atoms with Crippen molar-refractivity contribution in [3.8, 4) is 0 Å². The van der Waals surface area contributed by atoms with E-state index in [0.717, 1.165) is 25.8 Å². The summed E-state index contributed by atoms with van der Waals surface area (Å²) in [5.41, 5.74) is 0. The van der Waals surface area contributed by atoms with Gasteiger partial charge in [0.1, 0.15) is 0 Å². The molecular formula is C13H24N2O2. The topological polar surface area (TPSA) is 50.4 Å². The maximum atomic E-state index is 11.5. The number of ether oxygens (including phenoxy) is 1. The second kappa shape index (κ2) is 6.84. The summed E-state index contributed by atoms with van der Waals surface area (Å²) in [6, 6.07) is 0.901. The predicted molar refractivity (Wildman–Crippen MR) is 67.0 cm³/mol. The number of piperidine rings is 1. The van der Waals surface area contributed by atoms with Gasteiger partial charge in [-0.2, -0.15) is 0 Å². The van der Waals surface area contributed by atoms with Crippen molar-refractivity contribution in [3.05, 3.63) is 0 Å². The molecule has 2 rings (SSSR count). The van der Waals surface area contributed by atoms with Crippen LogP contribution in [0.4, 0.5) is 4.79 Å². The average molecular weight is 240 g/mol. The first-order valence-corrected chi connectivity index (χ1v) is 7.01. The van der Waals surface area contributed by atoms with E-state index in [2.05, 4.69) is 10.6 Å². The molecule has 2 aliphatic rings. The molecule has 1 saturated carbocycles. The van der Waals surface area contributed by atoms with E-state index in [9.17, 15) is 4.79 Å². The van der Waals surface area contributed by atoms with E-state index in [-0.39, 0.29) is 6.09 Å². The molecule has 0 radical (unpaired) electrons. The minimum Gasteiger partial charge on any atom is -0.449 e. The largest absolute Gasteiger partial charge is 0.449 e. The fourth-order valence-corrected chi connectivity index (χ4v) is 2.74. The number of hydrogen-bond donors (Lipinski definition) is 2. The molecule has 98 valence electrons. The second-order valence-corrected chi connectivity index (χ2v) is 5.20. The predicted octanol–water partition coefficient (Wildman–Crippen LogP) is 2.19. The van der Waals surface area contributed by atoms with Gasteiger partial charge < -0.3 is 15.4 Å². The Morgan fingerprint density at radius 3 is 2.65 bits per heavy atom. The van der Waals surface area contributed by atoms with Crippen LogP contribution in [0.2, 0.25) is 0 Å². The molecule has 1 unspecified atom stereocenters. The number of amides is 1. The molecule has 4 nitrogen and oxygen atoms in total. The van der Waals surface area contributed by atoms with Crippen molar-refractivity contribution in [2.45, 2.75) is 63.5 Å². The highest BCUT2D eigenvalue weighted by molar-refractivity contribution is 5.67. The van der Waals surface area contributed by atoms with Crippen LogP contribution in [0, 0.1) is 0 Å². The Balaban J connectivity index is 1.53. The van der Waals surface area contributed by atoms with Crippen molar-refractivity contribution < 1.29 is 9.53 Å². The highest BCUT2D eigenvalue weighted by Crippen LogP contribution is 2.17. The number of rotatable bonds is 4. The molecule has 1 saturated heterocycles. The normalized spacial score (nSPS) is 25.8. The van der Waals surface area contributed by atoms with Crippen molar-refractivity contribution in [1.82, 2.24) is 10.6 Å². The zero-order chi connectivity index (χ0) is 11.9. The van der Waals surface area contributed by atoms with Gasteiger partial charge in [0.05, 0.1) is 6.61 Å². The lowest BCUT2D eigenvalue weighted by atomic mass is 10.0. The van der Waals surface area contributed by atoms with Crippen molar-refractivity contribution in [2.75, 3.05) is 13.2 Å². The average Bonchev–Trinajstić information content (AvgIpc) is 2.83. The molecular weight excluding hydrogens is 216 g/mol. The molecule has 1 amide bonds. The Bertz CT molecular complexity index is 234. The third-order valence-electron chi connectivity index (χ3n) is 3.79. The number of nitrogens with one attached hydrogen (secondary N) is 2. The maximum absolute atomic E-state index is 11.5. The number of alkyl carbamates (subject to hydrolysis) is 1. The zero-order valence-electron chi connectivity index (χ0n) is 10.5. The molecule has 2 N–H and O–H groups in total. The molecule has 0 aromatic rings. The van der Waals surface area contributed by atoms with Gasteiger partial charge in [-0.15, -0.1) is 0 Å². The van der Waals surface area contributed by atoms with Crippen LogP contribution in [0.25, 0.3) is 0 Å². The molecule has 0 aromatic carbocycles. The summed E-state index contributed by atoms with van der Waals surface area (Å²) in [5, 5.41) is 6.39. The monoisotopic (exact) mass is 240 g/mol. The van der Waals surface area contributed by atoms with Crippen LogP contribution in [0.3, 0.4) is 0 Å². The third kappa shape index (κ3) is 4.54. The van der Waals surface area contributed by atoms with Crippen LogP contribution in [-0.2, 0) is 4.74 Å². The van der Waals surface area contributed by atoms with Gasteiger partial charge in [-0.1, -0.05) is 19.3 Å². The molecule has 0 aromatic heterocycles. The van der Waals surface area contributed by atoms with E-state index in [1.165, 1.54) is 32.1 Å². The molecule has 2 fully saturated rings. The van der Waals surface area contributed by atoms with Gasteiger partial charge in [0.25, 0.3) is 0 Å². The van der Waals surface area contributed by atoms with Crippen LogP contribution >= 0.6 is 0 Å². The van der Waals surface area contributed by atoms with Gasteiger partial charge in [-0.25, -0.2) is 4.79 Å². The van der Waals surface area contributed by atoms with E-state index >= 15 is 0 Å². The summed E-state index contributed by atoms with van der Waals surface area (Å²) < 4.78 is 5.22. The lowest BCUT2D eigenvalue weighted by Crippen LogP contribution is -2.37. The van der Waals surface area contributed by atoms with Crippen molar-refractivity contribution in [2.24, 2.45) is 0 Å². The Kier molecular flexibility index (Phi) is 5.10. The van der Waals surface area contributed by atoms with Gasteiger partial charge in [0.2, 0.25) is 0 Å². The van der Waals surface area contributed by atoms with Crippen LogP contribution in [0.5, 0.6) is 0 Å². The molecule has 17 heavy (non-hydrogen) atoms. The SMILES string of the molecule is O=C(NC1CCCC1)OCCC1CCCCN1. The molecule has 1 aliphatic heterocycles. The maximum Gasteiger partial charge on any atom is 0.407 e. The summed E-state index contributed by atoms with van der Waals surface area (Å²) in [6.45, 7) is 1.65. The van der Waals surface area contributed by atoms with Crippen molar-refractivity contribution >= 4 is 6.09 Å². The minimum atomic E-state index is -0.229. The summed E-state index contributed by atoms with van der Waals surface area (Å²) in [6.07, 6.45) is 9.19. The number of carbonyl (C=O) groups is 1. The van der Waals surface area contributed by atoms with E-state index < -0.39 is 0 Å². The highest BCUT2D eigenvalue weighted by Gasteiger charge is 2.18. The summed E-state index contributed by atoms with van der Waals surface area (Å²) >= 11 is 0. The van der Waals surface area contributed by atoms with E-state index in [0.29, 0.717) is 18.7 Å². The van der Waals surface area contributed by atoms with Crippen LogP contribution in [-0.4, -0.2) is 31.3 Å². The van der Waals surface area contributed by atoms with Crippen LogP contribution in [0.1, 0.15) is 51.4 Å². The summed E-state index contributed by atoms with van der Waals surface area (Å²) in [5.74, 6) is 0.